The van der Waals surface area contributed by atoms with Gasteiger partial charge in [0.1, 0.15) is 11.6 Å². The molecule has 0 aliphatic rings. The van der Waals surface area contributed by atoms with Crippen molar-refractivity contribution in [2.45, 2.75) is 26.3 Å². The largest absolute Gasteiger partial charge is 0.469 e. The maximum absolute atomic E-state index is 13.3. The predicted octanol–water partition coefficient (Wildman–Crippen LogP) is 4.38. The minimum absolute atomic E-state index is 0.126. The molecule has 1 N–H and O–H groups in total. The normalized spacial score (nSPS) is 12.6. The van der Waals surface area contributed by atoms with Gasteiger partial charge in [0.15, 0.2) is 0 Å². The fourth-order valence-corrected chi connectivity index (χ4v) is 2.53. The van der Waals surface area contributed by atoms with Crippen LogP contribution >= 0.6 is 15.9 Å². The van der Waals surface area contributed by atoms with Crippen LogP contribution in [0.5, 0.6) is 0 Å². The average Bonchev–Trinajstić information content (AvgIpc) is 2.80. The lowest BCUT2D eigenvalue weighted by Crippen LogP contribution is -2.22. The number of nitrogens with one attached hydrogen (secondary N) is 1. The topological polar surface area (TPSA) is 25.2 Å². The SMILES string of the molecule is CCNC(Cc1cc(F)ccc1Br)c1coc(C)c1. The van der Waals surface area contributed by atoms with Gasteiger partial charge in [-0.2, -0.15) is 0 Å². The number of hydrogen-bond acceptors (Lipinski definition) is 2. The number of rotatable bonds is 5. The maximum atomic E-state index is 13.3. The first kappa shape index (κ1) is 14.3. The molecule has 1 aromatic heterocycles. The minimum Gasteiger partial charge on any atom is -0.469 e. The van der Waals surface area contributed by atoms with Crippen molar-refractivity contribution in [1.82, 2.24) is 5.32 Å². The highest BCUT2D eigenvalue weighted by molar-refractivity contribution is 9.10. The first-order valence-electron chi connectivity index (χ1n) is 6.32. The standard InChI is InChI=1S/C15H17BrFNO/c1-3-18-15(12-6-10(2)19-9-12)8-11-7-13(17)4-5-14(11)16/h4-7,9,15,18H,3,8H2,1-2H3. The molecule has 2 nitrogen and oxygen atoms in total. The molecule has 0 spiro atoms. The molecule has 1 atom stereocenters. The molecule has 0 radical (unpaired) electrons. The predicted molar refractivity (Wildman–Crippen MR) is 77.7 cm³/mol. The Kier molecular flexibility index (Phi) is 4.77. The monoisotopic (exact) mass is 325 g/mol. The molecule has 19 heavy (non-hydrogen) atoms. The molecule has 2 aromatic rings. The summed E-state index contributed by atoms with van der Waals surface area (Å²) in [5, 5.41) is 3.40. The van der Waals surface area contributed by atoms with Crippen LogP contribution < -0.4 is 5.32 Å². The summed E-state index contributed by atoms with van der Waals surface area (Å²) >= 11 is 3.47. The molecule has 0 saturated carbocycles. The summed E-state index contributed by atoms with van der Waals surface area (Å²) in [5.41, 5.74) is 2.04. The number of aryl methyl sites for hydroxylation is 1. The van der Waals surface area contributed by atoms with Crippen molar-refractivity contribution in [2.24, 2.45) is 0 Å². The third kappa shape index (κ3) is 3.67. The molecule has 4 heteroatoms. The van der Waals surface area contributed by atoms with Crippen LogP contribution in [-0.4, -0.2) is 6.54 Å². The van der Waals surface area contributed by atoms with Gasteiger partial charge >= 0.3 is 0 Å². The highest BCUT2D eigenvalue weighted by atomic mass is 79.9. The van der Waals surface area contributed by atoms with E-state index in [1.54, 1.807) is 18.4 Å². The molecule has 1 heterocycles. The van der Waals surface area contributed by atoms with Gasteiger partial charge in [0, 0.05) is 16.1 Å². The quantitative estimate of drug-likeness (QED) is 0.882. The van der Waals surface area contributed by atoms with Crippen molar-refractivity contribution in [3.63, 3.8) is 0 Å². The van der Waals surface area contributed by atoms with E-state index in [1.165, 1.54) is 6.07 Å². The number of likely N-dealkylation sites (N-methyl/N-ethyl adjacent to an activating group) is 1. The highest BCUT2D eigenvalue weighted by Gasteiger charge is 2.15. The Labute approximate surface area is 121 Å². The van der Waals surface area contributed by atoms with Crippen LogP contribution in [0.1, 0.15) is 29.9 Å². The Morgan fingerprint density at radius 2 is 2.16 bits per heavy atom. The van der Waals surface area contributed by atoms with Crippen LogP contribution in [-0.2, 0) is 6.42 Å². The highest BCUT2D eigenvalue weighted by Crippen LogP contribution is 2.25. The lowest BCUT2D eigenvalue weighted by atomic mass is 10.0. The van der Waals surface area contributed by atoms with E-state index >= 15 is 0 Å². The Hall–Kier alpha value is -1.13. The van der Waals surface area contributed by atoms with Gasteiger partial charge in [0.25, 0.3) is 0 Å². The van der Waals surface area contributed by atoms with Crippen molar-refractivity contribution in [1.29, 1.82) is 0 Å². The third-order valence-electron chi connectivity index (χ3n) is 3.04. The van der Waals surface area contributed by atoms with Crippen LogP contribution in [0.2, 0.25) is 0 Å². The first-order chi connectivity index (χ1) is 9.10. The van der Waals surface area contributed by atoms with Crippen LogP contribution in [0, 0.1) is 12.7 Å². The molecule has 1 unspecified atom stereocenters. The van der Waals surface area contributed by atoms with E-state index in [0.717, 1.165) is 27.9 Å². The van der Waals surface area contributed by atoms with Crippen molar-refractivity contribution >= 4 is 15.9 Å². The summed E-state index contributed by atoms with van der Waals surface area (Å²) in [5.74, 6) is 0.674. The second-order valence-electron chi connectivity index (χ2n) is 4.54. The zero-order valence-corrected chi connectivity index (χ0v) is 12.6. The van der Waals surface area contributed by atoms with E-state index in [9.17, 15) is 4.39 Å². The van der Waals surface area contributed by atoms with E-state index in [4.69, 9.17) is 4.42 Å². The van der Waals surface area contributed by atoms with Crippen LogP contribution in [0.4, 0.5) is 4.39 Å². The van der Waals surface area contributed by atoms with Crippen LogP contribution in [0.15, 0.2) is 39.4 Å². The van der Waals surface area contributed by atoms with Gasteiger partial charge in [-0.25, -0.2) is 4.39 Å². The van der Waals surface area contributed by atoms with Gasteiger partial charge < -0.3 is 9.73 Å². The van der Waals surface area contributed by atoms with Crippen molar-refractivity contribution < 1.29 is 8.81 Å². The first-order valence-corrected chi connectivity index (χ1v) is 7.11. The van der Waals surface area contributed by atoms with Gasteiger partial charge in [0.05, 0.1) is 6.26 Å². The zero-order chi connectivity index (χ0) is 13.8. The van der Waals surface area contributed by atoms with Gasteiger partial charge in [0.2, 0.25) is 0 Å². The number of halogens is 2. The van der Waals surface area contributed by atoms with E-state index in [0.29, 0.717) is 6.42 Å². The lowest BCUT2D eigenvalue weighted by molar-refractivity contribution is 0.510. The van der Waals surface area contributed by atoms with Gasteiger partial charge in [-0.3, -0.25) is 0 Å². The van der Waals surface area contributed by atoms with E-state index in [1.807, 2.05) is 13.0 Å². The zero-order valence-electron chi connectivity index (χ0n) is 11.0. The molecule has 0 amide bonds. The van der Waals surface area contributed by atoms with Gasteiger partial charge in [-0.15, -0.1) is 0 Å². The van der Waals surface area contributed by atoms with Crippen molar-refractivity contribution in [3.05, 3.63) is 57.7 Å². The molecule has 0 fully saturated rings. The summed E-state index contributed by atoms with van der Waals surface area (Å²) < 4.78 is 19.6. The summed E-state index contributed by atoms with van der Waals surface area (Å²) in [6, 6.07) is 6.91. The lowest BCUT2D eigenvalue weighted by Gasteiger charge is -2.17. The van der Waals surface area contributed by atoms with Crippen LogP contribution in [0.3, 0.4) is 0 Å². The Balaban J connectivity index is 2.23. The second-order valence-corrected chi connectivity index (χ2v) is 5.40. The Morgan fingerprint density at radius 1 is 1.37 bits per heavy atom. The third-order valence-corrected chi connectivity index (χ3v) is 3.81. The van der Waals surface area contributed by atoms with E-state index < -0.39 is 0 Å². The Bertz CT molecular complexity index is 553. The van der Waals surface area contributed by atoms with E-state index in [2.05, 4.69) is 28.2 Å². The minimum atomic E-state index is -0.211. The molecule has 0 saturated heterocycles. The summed E-state index contributed by atoms with van der Waals surface area (Å²) in [6.07, 6.45) is 2.47. The molecular formula is C15H17BrFNO. The molecule has 0 bridgehead atoms. The second kappa shape index (κ2) is 6.35. The molecule has 0 aliphatic heterocycles. The van der Waals surface area contributed by atoms with Crippen molar-refractivity contribution in [3.8, 4) is 0 Å². The van der Waals surface area contributed by atoms with Crippen LogP contribution in [0.25, 0.3) is 0 Å². The number of hydrogen-bond donors (Lipinski definition) is 1. The maximum Gasteiger partial charge on any atom is 0.123 e. The Morgan fingerprint density at radius 3 is 2.79 bits per heavy atom. The summed E-state index contributed by atoms with van der Waals surface area (Å²) in [7, 11) is 0. The molecule has 2 rings (SSSR count). The fourth-order valence-electron chi connectivity index (χ4n) is 2.12. The summed E-state index contributed by atoms with van der Waals surface area (Å²) in [4.78, 5) is 0. The number of benzene rings is 1. The smallest absolute Gasteiger partial charge is 0.123 e. The van der Waals surface area contributed by atoms with Crippen molar-refractivity contribution in [2.75, 3.05) is 6.54 Å². The number of furan rings is 1. The average molecular weight is 326 g/mol. The van der Waals surface area contributed by atoms with E-state index in [-0.39, 0.29) is 11.9 Å². The molecule has 102 valence electrons. The van der Waals surface area contributed by atoms with Gasteiger partial charge in [-0.05, 0) is 49.7 Å². The fraction of sp³-hybridized carbons (Fsp3) is 0.333. The molecular weight excluding hydrogens is 309 g/mol. The molecule has 1 aromatic carbocycles. The van der Waals surface area contributed by atoms with Gasteiger partial charge in [-0.1, -0.05) is 22.9 Å². The summed E-state index contributed by atoms with van der Waals surface area (Å²) in [6.45, 7) is 4.83. The molecule has 0 aliphatic carbocycles.